The van der Waals surface area contributed by atoms with E-state index in [1.807, 2.05) is 18.2 Å². The van der Waals surface area contributed by atoms with E-state index in [2.05, 4.69) is 175 Å². The van der Waals surface area contributed by atoms with Gasteiger partial charge in [-0.05, 0) is 88.5 Å². The van der Waals surface area contributed by atoms with Gasteiger partial charge in [-0.1, -0.05) is 127 Å². The van der Waals surface area contributed by atoms with Gasteiger partial charge in [0.1, 0.15) is 22.3 Å². The maximum Gasteiger partial charge on any atom is 0.143 e. The van der Waals surface area contributed by atoms with Gasteiger partial charge in [0.2, 0.25) is 0 Å². The smallest absolute Gasteiger partial charge is 0.143 e. The molecule has 240 valence electrons. The largest absolute Gasteiger partial charge is 0.456 e. The van der Waals surface area contributed by atoms with Crippen LogP contribution in [0.5, 0.6) is 0 Å². The van der Waals surface area contributed by atoms with Crippen molar-refractivity contribution in [3.05, 3.63) is 188 Å². The number of hydrogen-bond acceptors (Lipinski definition) is 3. The van der Waals surface area contributed by atoms with E-state index >= 15 is 0 Å². The molecular weight excluding hydrogens is 623 g/mol. The van der Waals surface area contributed by atoms with Crippen LogP contribution in [0.25, 0.3) is 77.3 Å². The second kappa shape index (κ2) is 11.9. The number of furan rings is 2. The van der Waals surface area contributed by atoms with Crippen LogP contribution in [0, 0.1) is 0 Å². The van der Waals surface area contributed by atoms with E-state index in [9.17, 15) is 0 Å². The molecular formula is C48H31NO2. The lowest BCUT2D eigenvalue weighted by molar-refractivity contribution is 0.669. The van der Waals surface area contributed by atoms with Crippen LogP contribution in [0.15, 0.2) is 197 Å². The number of anilines is 3. The third-order valence-corrected chi connectivity index (χ3v) is 9.89. The Hall–Kier alpha value is -6.84. The monoisotopic (exact) mass is 653 g/mol. The lowest BCUT2D eigenvalue weighted by atomic mass is 10.00. The minimum Gasteiger partial charge on any atom is -0.456 e. The first kappa shape index (κ1) is 29.1. The Kier molecular flexibility index (Phi) is 6.81. The van der Waals surface area contributed by atoms with Crippen molar-refractivity contribution in [2.45, 2.75) is 0 Å². The fourth-order valence-electron chi connectivity index (χ4n) is 7.36. The van der Waals surface area contributed by atoms with Crippen LogP contribution >= 0.6 is 0 Å². The number of fused-ring (bicyclic) bond motifs is 6. The molecule has 0 bridgehead atoms. The molecule has 8 aromatic carbocycles. The highest BCUT2D eigenvalue weighted by Crippen LogP contribution is 2.41. The molecule has 10 rings (SSSR count). The van der Waals surface area contributed by atoms with E-state index < -0.39 is 0 Å². The Morgan fingerprint density at radius 3 is 1.55 bits per heavy atom. The van der Waals surface area contributed by atoms with E-state index in [1.54, 1.807) is 0 Å². The fraction of sp³-hybridized carbons (Fsp3) is 0. The maximum atomic E-state index is 6.45. The number of nitrogens with zero attached hydrogens (tertiary/aromatic N) is 1. The van der Waals surface area contributed by atoms with Crippen LogP contribution in [0.3, 0.4) is 0 Å². The van der Waals surface area contributed by atoms with Gasteiger partial charge in [-0.25, -0.2) is 0 Å². The number of benzene rings is 8. The molecule has 0 aliphatic heterocycles. The molecule has 3 heteroatoms. The summed E-state index contributed by atoms with van der Waals surface area (Å²) >= 11 is 0. The summed E-state index contributed by atoms with van der Waals surface area (Å²) in [5.74, 6) is 0. The van der Waals surface area contributed by atoms with E-state index in [0.717, 1.165) is 83.2 Å². The summed E-state index contributed by atoms with van der Waals surface area (Å²) in [6.07, 6.45) is 0. The normalized spacial score (nSPS) is 11.5. The molecule has 2 aromatic heterocycles. The van der Waals surface area contributed by atoms with Crippen LogP contribution in [-0.2, 0) is 0 Å². The second-order valence-corrected chi connectivity index (χ2v) is 12.9. The first-order chi connectivity index (χ1) is 25.3. The lowest BCUT2D eigenvalue weighted by Gasteiger charge is -2.26. The molecule has 0 fully saturated rings. The molecule has 10 aromatic rings. The summed E-state index contributed by atoms with van der Waals surface area (Å²) in [4.78, 5) is 2.32. The quantitative estimate of drug-likeness (QED) is 0.179. The Morgan fingerprint density at radius 1 is 0.294 bits per heavy atom. The zero-order valence-electron chi connectivity index (χ0n) is 27.7. The van der Waals surface area contributed by atoms with Crippen LogP contribution in [-0.4, -0.2) is 0 Å². The average Bonchev–Trinajstić information content (AvgIpc) is 3.77. The SMILES string of the molecule is c1ccc(-c2ccc(N(c3ccc(-c4ccc5oc6c(-c7ccccc7)cccc6c5c4)cc3)c3ccc4oc5ccccc5c4c3)cc2)cc1. The van der Waals surface area contributed by atoms with Crippen molar-refractivity contribution in [2.24, 2.45) is 0 Å². The van der Waals surface area contributed by atoms with E-state index in [0.29, 0.717) is 0 Å². The van der Waals surface area contributed by atoms with Crippen molar-refractivity contribution >= 4 is 60.9 Å². The molecule has 2 heterocycles. The van der Waals surface area contributed by atoms with E-state index in [-0.39, 0.29) is 0 Å². The summed E-state index contributed by atoms with van der Waals surface area (Å²) in [6, 6.07) is 66.2. The Labute approximate surface area is 295 Å². The van der Waals surface area contributed by atoms with Crippen molar-refractivity contribution in [3.8, 4) is 33.4 Å². The minimum atomic E-state index is 0.882. The first-order valence-electron chi connectivity index (χ1n) is 17.2. The van der Waals surface area contributed by atoms with Gasteiger partial charge < -0.3 is 13.7 Å². The molecule has 3 nitrogen and oxygen atoms in total. The van der Waals surface area contributed by atoms with Gasteiger partial charge in [0, 0.05) is 44.2 Å². The Morgan fingerprint density at radius 2 is 0.804 bits per heavy atom. The van der Waals surface area contributed by atoms with Crippen molar-refractivity contribution in [1.82, 2.24) is 0 Å². The van der Waals surface area contributed by atoms with Gasteiger partial charge in [0.05, 0.1) is 0 Å². The predicted molar refractivity (Wildman–Crippen MR) is 212 cm³/mol. The molecule has 0 saturated heterocycles. The van der Waals surface area contributed by atoms with Gasteiger partial charge >= 0.3 is 0 Å². The van der Waals surface area contributed by atoms with E-state index in [1.165, 1.54) is 11.1 Å². The Balaban J connectivity index is 1.06. The molecule has 0 spiro atoms. The van der Waals surface area contributed by atoms with Gasteiger partial charge in [-0.2, -0.15) is 0 Å². The van der Waals surface area contributed by atoms with Crippen LogP contribution in [0.2, 0.25) is 0 Å². The number of rotatable bonds is 6. The van der Waals surface area contributed by atoms with Crippen molar-refractivity contribution < 1.29 is 8.83 Å². The fourth-order valence-corrected chi connectivity index (χ4v) is 7.36. The minimum absolute atomic E-state index is 0.882. The summed E-state index contributed by atoms with van der Waals surface area (Å²) in [6.45, 7) is 0. The molecule has 0 aliphatic rings. The van der Waals surface area contributed by atoms with Gasteiger partial charge in [-0.3, -0.25) is 0 Å². The van der Waals surface area contributed by atoms with Gasteiger partial charge in [0.25, 0.3) is 0 Å². The predicted octanol–water partition coefficient (Wildman–Crippen LogP) is 14.0. The van der Waals surface area contributed by atoms with Gasteiger partial charge in [-0.15, -0.1) is 0 Å². The summed E-state index contributed by atoms with van der Waals surface area (Å²) in [5, 5.41) is 4.45. The van der Waals surface area contributed by atoms with E-state index in [4.69, 9.17) is 8.83 Å². The molecule has 0 aliphatic carbocycles. The van der Waals surface area contributed by atoms with Crippen LogP contribution < -0.4 is 4.90 Å². The summed E-state index contributed by atoms with van der Waals surface area (Å²) in [5.41, 5.74) is 13.7. The summed E-state index contributed by atoms with van der Waals surface area (Å²) in [7, 11) is 0. The van der Waals surface area contributed by atoms with Crippen molar-refractivity contribution in [1.29, 1.82) is 0 Å². The number of para-hydroxylation sites is 2. The number of hydrogen-bond donors (Lipinski definition) is 0. The topological polar surface area (TPSA) is 29.5 Å². The maximum absolute atomic E-state index is 6.45. The molecule has 0 radical (unpaired) electrons. The van der Waals surface area contributed by atoms with Crippen LogP contribution in [0.4, 0.5) is 17.1 Å². The highest BCUT2D eigenvalue weighted by molar-refractivity contribution is 6.11. The molecule has 51 heavy (non-hydrogen) atoms. The van der Waals surface area contributed by atoms with Crippen LogP contribution in [0.1, 0.15) is 0 Å². The summed E-state index contributed by atoms with van der Waals surface area (Å²) < 4.78 is 12.6. The molecule has 0 unspecified atom stereocenters. The Bertz CT molecular complexity index is 2830. The molecule has 0 N–H and O–H groups in total. The zero-order valence-corrected chi connectivity index (χ0v) is 27.7. The first-order valence-corrected chi connectivity index (χ1v) is 17.2. The average molecular weight is 654 g/mol. The lowest BCUT2D eigenvalue weighted by Crippen LogP contribution is -2.09. The highest BCUT2D eigenvalue weighted by Gasteiger charge is 2.17. The van der Waals surface area contributed by atoms with Crippen molar-refractivity contribution in [3.63, 3.8) is 0 Å². The second-order valence-electron chi connectivity index (χ2n) is 12.9. The molecule has 0 amide bonds. The highest BCUT2D eigenvalue weighted by atomic mass is 16.3. The van der Waals surface area contributed by atoms with Crippen molar-refractivity contribution in [2.75, 3.05) is 4.90 Å². The van der Waals surface area contributed by atoms with Gasteiger partial charge in [0.15, 0.2) is 0 Å². The molecule has 0 saturated carbocycles. The molecule has 0 atom stereocenters. The standard InChI is InChI=1S/C48H31NO2/c1-3-10-32(11-4-1)33-18-23-37(24-19-33)49(39-27-29-46-44(31-39)41-14-7-8-17-45(41)50-46)38-25-20-34(21-26-38)36-22-28-47-43(30-36)42-16-9-15-40(48(42)51-47)35-12-5-2-6-13-35/h1-31H. The third kappa shape index (κ3) is 5.06. The zero-order chi connectivity index (χ0) is 33.7. The third-order valence-electron chi connectivity index (χ3n) is 9.89.